The van der Waals surface area contributed by atoms with Crippen LogP contribution in [0, 0.1) is 0 Å². The average Bonchev–Trinajstić information content (AvgIpc) is 3.14. The van der Waals surface area contributed by atoms with Crippen molar-refractivity contribution < 1.29 is 9.53 Å². The maximum atomic E-state index is 11.3. The maximum absolute atomic E-state index is 11.3. The van der Waals surface area contributed by atoms with Gasteiger partial charge in [-0.25, -0.2) is 4.98 Å². The van der Waals surface area contributed by atoms with Crippen molar-refractivity contribution in [3.8, 4) is 22.1 Å². The molecule has 0 saturated carbocycles. The van der Waals surface area contributed by atoms with E-state index < -0.39 is 0 Å². The molecule has 0 atom stereocenters. The number of amides is 1. The maximum Gasteiger partial charge on any atom is 0.221 e. The number of benzene rings is 1. The molecule has 3 rings (SSSR count). The van der Waals surface area contributed by atoms with E-state index in [1.165, 1.54) is 18.3 Å². The first kappa shape index (κ1) is 15.6. The molecule has 0 spiro atoms. The van der Waals surface area contributed by atoms with Crippen LogP contribution in [0.3, 0.4) is 0 Å². The van der Waals surface area contributed by atoms with Crippen LogP contribution in [-0.4, -0.2) is 22.6 Å². The lowest BCUT2D eigenvalue weighted by atomic mass is 10.2. The van der Waals surface area contributed by atoms with Crippen LogP contribution in [0.5, 0.6) is 5.75 Å². The van der Waals surface area contributed by atoms with Crippen LogP contribution in [0.25, 0.3) is 16.4 Å². The highest BCUT2D eigenvalue weighted by Crippen LogP contribution is 2.34. The third-order valence-electron chi connectivity index (χ3n) is 3.19. The number of nitrogens with zero attached hydrogens (tertiary/aromatic N) is 2. The van der Waals surface area contributed by atoms with Crippen LogP contribution in [0.4, 0.5) is 5.69 Å². The van der Waals surface area contributed by atoms with Crippen LogP contribution in [0.15, 0.2) is 42.7 Å². The van der Waals surface area contributed by atoms with Crippen molar-refractivity contribution in [3.63, 3.8) is 0 Å². The smallest absolute Gasteiger partial charge is 0.221 e. The lowest BCUT2D eigenvalue weighted by Crippen LogP contribution is -2.07. The van der Waals surface area contributed by atoms with Gasteiger partial charge >= 0.3 is 0 Å². The molecule has 2 heterocycles. The molecule has 0 aliphatic heterocycles. The third kappa shape index (κ3) is 3.23. The third-order valence-corrected chi connectivity index (χ3v) is 4.42. The van der Waals surface area contributed by atoms with Crippen molar-refractivity contribution in [3.05, 3.63) is 47.1 Å². The quantitative estimate of drug-likeness (QED) is 0.768. The van der Waals surface area contributed by atoms with Crippen molar-refractivity contribution in [2.45, 2.75) is 6.92 Å². The Hall–Kier alpha value is -2.31. The van der Waals surface area contributed by atoms with Crippen molar-refractivity contribution in [1.29, 1.82) is 0 Å². The predicted molar refractivity (Wildman–Crippen MR) is 92.7 cm³/mol. The number of thiophene rings is 1. The second kappa shape index (κ2) is 6.44. The molecule has 0 aliphatic carbocycles. The number of hydrogen-bond acceptors (Lipinski definition) is 4. The Labute approximate surface area is 142 Å². The van der Waals surface area contributed by atoms with E-state index >= 15 is 0 Å². The van der Waals surface area contributed by atoms with Crippen molar-refractivity contribution in [1.82, 2.24) is 9.55 Å². The summed E-state index contributed by atoms with van der Waals surface area (Å²) in [6.45, 7) is 1.47. The van der Waals surface area contributed by atoms with Gasteiger partial charge in [-0.05, 0) is 30.3 Å². The van der Waals surface area contributed by atoms with Crippen LogP contribution >= 0.6 is 22.9 Å². The summed E-state index contributed by atoms with van der Waals surface area (Å²) in [5.74, 6) is 1.32. The number of hydrogen-bond donors (Lipinski definition) is 1. The van der Waals surface area contributed by atoms with Gasteiger partial charge in [0.15, 0.2) is 5.82 Å². The summed E-state index contributed by atoms with van der Waals surface area (Å²) in [6, 6.07) is 9.22. The molecule has 0 radical (unpaired) electrons. The van der Waals surface area contributed by atoms with Crippen molar-refractivity contribution in [2.24, 2.45) is 0 Å². The van der Waals surface area contributed by atoms with E-state index in [0.29, 0.717) is 15.8 Å². The fraction of sp³-hybridized carbons (Fsp3) is 0.125. The lowest BCUT2D eigenvalue weighted by molar-refractivity contribution is -0.114. The van der Waals surface area contributed by atoms with Gasteiger partial charge in [0.1, 0.15) is 5.75 Å². The highest BCUT2D eigenvalue weighted by atomic mass is 35.5. The Bertz CT molecular complexity index is 857. The van der Waals surface area contributed by atoms with Crippen molar-refractivity contribution in [2.75, 3.05) is 12.4 Å². The Morgan fingerprint density at radius 2 is 2.17 bits per heavy atom. The van der Waals surface area contributed by atoms with Gasteiger partial charge in [-0.15, -0.1) is 11.3 Å². The molecule has 5 nitrogen and oxygen atoms in total. The molecular formula is C16H14ClN3O2S. The van der Waals surface area contributed by atoms with Gasteiger partial charge in [-0.2, -0.15) is 0 Å². The summed E-state index contributed by atoms with van der Waals surface area (Å²) in [6.07, 6.45) is 3.56. The van der Waals surface area contributed by atoms with Gasteiger partial charge in [0, 0.05) is 25.0 Å². The van der Waals surface area contributed by atoms with E-state index in [0.717, 1.165) is 16.4 Å². The summed E-state index contributed by atoms with van der Waals surface area (Å²) >= 11 is 7.48. The number of rotatable bonds is 4. The van der Waals surface area contributed by atoms with Gasteiger partial charge in [0.05, 0.1) is 22.0 Å². The second-order valence-electron chi connectivity index (χ2n) is 4.79. The largest absolute Gasteiger partial charge is 0.495 e. The molecule has 2 aromatic heterocycles. The number of carbonyl (C=O) groups excluding carboxylic acids is 1. The minimum atomic E-state index is -0.128. The van der Waals surface area contributed by atoms with Gasteiger partial charge in [0.2, 0.25) is 5.91 Å². The van der Waals surface area contributed by atoms with Gasteiger partial charge in [-0.1, -0.05) is 11.6 Å². The number of imidazole rings is 1. The molecular weight excluding hydrogens is 334 g/mol. The monoisotopic (exact) mass is 347 g/mol. The molecule has 0 fully saturated rings. The fourth-order valence-electron chi connectivity index (χ4n) is 2.27. The lowest BCUT2D eigenvalue weighted by Gasteiger charge is -2.13. The Balaban J connectivity index is 2.11. The van der Waals surface area contributed by atoms with Crippen LogP contribution in [0.1, 0.15) is 6.92 Å². The summed E-state index contributed by atoms with van der Waals surface area (Å²) < 4.78 is 8.05. The molecule has 0 unspecified atom stereocenters. The van der Waals surface area contributed by atoms with Gasteiger partial charge < -0.3 is 10.1 Å². The molecule has 0 bridgehead atoms. The SMILES string of the molecule is COc1ccc(NC(C)=O)cc1-n1ccnc1-c1ccc(Cl)s1. The van der Waals surface area contributed by atoms with E-state index in [-0.39, 0.29) is 5.91 Å². The minimum absolute atomic E-state index is 0.128. The molecule has 0 saturated heterocycles. The first-order valence-corrected chi connectivity index (χ1v) is 8.03. The highest BCUT2D eigenvalue weighted by Gasteiger charge is 2.14. The Kier molecular flexibility index (Phi) is 4.36. The molecule has 0 aliphatic rings. The zero-order valence-electron chi connectivity index (χ0n) is 12.5. The molecule has 3 aromatic rings. The van der Waals surface area contributed by atoms with E-state index in [1.54, 1.807) is 19.4 Å². The molecule has 7 heteroatoms. The summed E-state index contributed by atoms with van der Waals surface area (Å²) in [5, 5.41) is 2.78. The number of aromatic nitrogens is 2. The number of ether oxygens (including phenoxy) is 1. The molecule has 1 amide bonds. The minimum Gasteiger partial charge on any atom is -0.495 e. The van der Waals surface area contributed by atoms with Gasteiger partial charge in [-0.3, -0.25) is 9.36 Å². The van der Waals surface area contributed by atoms with Crippen LogP contribution < -0.4 is 10.1 Å². The Morgan fingerprint density at radius 3 is 2.83 bits per heavy atom. The fourth-order valence-corrected chi connectivity index (χ4v) is 3.31. The molecule has 1 aromatic carbocycles. The van der Waals surface area contributed by atoms with Crippen LogP contribution in [-0.2, 0) is 4.79 Å². The molecule has 1 N–H and O–H groups in total. The first-order valence-electron chi connectivity index (χ1n) is 6.83. The zero-order chi connectivity index (χ0) is 16.4. The summed E-state index contributed by atoms with van der Waals surface area (Å²) in [4.78, 5) is 16.6. The van der Waals surface area contributed by atoms with Crippen LogP contribution in [0.2, 0.25) is 4.34 Å². The average molecular weight is 348 g/mol. The second-order valence-corrected chi connectivity index (χ2v) is 6.51. The zero-order valence-corrected chi connectivity index (χ0v) is 14.1. The molecule has 23 heavy (non-hydrogen) atoms. The van der Waals surface area contributed by atoms with E-state index in [1.807, 2.05) is 35.0 Å². The number of anilines is 1. The Morgan fingerprint density at radius 1 is 1.35 bits per heavy atom. The number of methoxy groups -OCH3 is 1. The van der Waals surface area contributed by atoms with Crippen molar-refractivity contribution >= 4 is 34.5 Å². The number of nitrogens with one attached hydrogen (secondary N) is 1. The van der Waals surface area contributed by atoms with Gasteiger partial charge in [0.25, 0.3) is 0 Å². The summed E-state index contributed by atoms with van der Waals surface area (Å²) in [7, 11) is 1.61. The van der Waals surface area contributed by atoms with E-state index in [4.69, 9.17) is 16.3 Å². The first-order chi connectivity index (χ1) is 11.1. The standard InChI is InChI=1S/C16H14ClN3O2S/c1-10(21)19-11-3-4-13(22-2)12(9-11)20-8-7-18-16(20)14-5-6-15(17)23-14/h3-9H,1-2H3,(H,19,21). The highest BCUT2D eigenvalue weighted by molar-refractivity contribution is 7.19. The topological polar surface area (TPSA) is 56.1 Å². The van der Waals surface area contributed by atoms with E-state index in [2.05, 4.69) is 10.3 Å². The predicted octanol–water partition coefficient (Wildman–Crippen LogP) is 4.22. The summed E-state index contributed by atoms with van der Waals surface area (Å²) in [5.41, 5.74) is 1.48. The number of carbonyl (C=O) groups is 1. The molecule has 118 valence electrons. The normalized spacial score (nSPS) is 10.6. The van der Waals surface area contributed by atoms with E-state index in [9.17, 15) is 4.79 Å². The number of halogens is 1.